The van der Waals surface area contributed by atoms with E-state index in [1.807, 2.05) is 38.1 Å². The van der Waals surface area contributed by atoms with E-state index in [-0.39, 0.29) is 0 Å². The van der Waals surface area contributed by atoms with Crippen LogP contribution in [0.2, 0.25) is 0 Å². The van der Waals surface area contributed by atoms with Crippen molar-refractivity contribution in [3.05, 3.63) is 63.1 Å². The molecule has 1 aliphatic heterocycles. The highest BCUT2D eigenvalue weighted by Crippen LogP contribution is 2.33. The van der Waals surface area contributed by atoms with E-state index in [0.29, 0.717) is 17.8 Å². The van der Waals surface area contributed by atoms with E-state index >= 15 is 0 Å². The van der Waals surface area contributed by atoms with E-state index in [0.717, 1.165) is 21.2 Å². The first-order chi connectivity index (χ1) is 9.99. The fourth-order valence-corrected chi connectivity index (χ4v) is 3.03. The number of halogens is 1. The van der Waals surface area contributed by atoms with E-state index in [1.54, 1.807) is 17.0 Å². The summed E-state index contributed by atoms with van der Waals surface area (Å²) in [5.41, 5.74) is 4.50. The van der Waals surface area contributed by atoms with Crippen LogP contribution in [0.5, 0.6) is 0 Å². The largest absolute Gasteiger partial charge is 0.300 e. The molecule has 1 heterocycles. The van der Waals surface area contributed by atoms with Gasteiger partial charge < -0.3 is 4.90 Å². The second kappa shape index (κ2) is 5.11. The van der Waals surface area contributed by atoms with E-state index in [2.05, 4.69) is 15.9 Å². The first-order valence-corrected chi connectivity index (χ1v) is 7.49. The van der Waals surface area contributed by atoms with Gasteiger partial charge in [-0.05, 0) is 48.7 Å². The minimum atomic E-state index is -0.453. The summed E-state index contributed by atoms with van der Waals surface area (Å²) in [6, 6.07) is 11.3. The number of rotatable bonds is 2. The van der Waals surface area contributed by atoms with Crippen molar-refractivity contribution in [2.75, 3.05) is 4.90 Å². The normalized spacial score (nSPS) is 13.8. The van der Waals surface area contributed by atoms with Gasteiger partial charge in [-0.1, -0.05) is 34.1 Å². The van der Waals surface area contributed by atoms with Gasteiger partial charge in [0.25, 0.3) is 11.7 Å². The number of nitrogens with zero attached hydrogens (tertiary/aromatic N) is 1. The molecule has 0 fully saturated rings. The summed E-state index contributed by atoms with van der Waals surface area (Å²) in [7, 11) is 0. The standard InChI is InChI=1S/C17H14BrNO2/c1-10-4-3-5-11(2)14(10)9-19-15-8-12(18)6-7-13(15)16(20)17(19)21/h3-8H,9H2,1-2H3. The second-order valence-electron chi connectivity index (χ2n) is 5.25. The third-order valence-electron chi connectivity index (χ3n) is 3.90. The van der Waals surface area contributed by atoms with E-state index < -0.39 is 11.7 Å². The third kappa shape index (κ3) is 2.29. The smallest absolute Gasteiger partial charge is 0.299 e. The van der Waals surface area contributed by atoms with Gasteiger partial charge in [-0.3, -0.25) is 9.59 Å². The van der Waals surface area contributed by atoms with Crippen molar-refractivity contribution in [3.63, 3.8) is 0 Å². The van der Waals surface area contributed by atoms with Gasteiger partial charge >= 0.3 is 0 Å². The fraction of sp³-hybridized carbons (Fsp3) is 0.176. The molecule has 0 atom stereocenters. The molecule has 0 spiro atoms. The topological polar surface area (TPSA) is 37.4 Å². The molecule has 1 amide bonds. The molecule has 106 valence electrons. The van der Waals surface area contributed by atoms with Gasteiger partial charge in [0.1, 0.15) is 0 Å². The zero-order valence-electron chi connectivity index (χ0n) is 11.8. The van der Waals surface area contributed by atoms with Crippen molar-refractivity contribution >= 4 is 33.3 Å². The molecule has 2 aromatic rings. The Kier molecular flexibility index (Phi) is 3.41. The highest BCUT2D eigenvalue weighted by molar-refractivity contribution is 9.10. The SMILES string of the molecule is Cc1cccc(C)c1CN1C(=O)C(=O)c2ccc(Br)cc21. The monoisotopic (exact) mass is 343 g/mol. The van der Waals surface area contributed by atoms with Gasteiger partial charge in [-0.25, -0.2) is 0 Å². The Labute approximate surface area is 131 Å². The maximum Gasteiger partial charge on any atom is 0.299 e. The van der Waals surface area contributed by atoms with Crippen LogP contribution in [0, 0.1) is 13.8 Å². The minimum Gasteiger partial charge on any atom is -0.300 e. The first-order valence-electron chi connectivity index (χ1n) is 6.70. The number of Topliss-reactive ketones (excluding diaryl/α,β-unsaturated/α-hetero) is 1. The summed E-state index contributed by atoms with van der Waals surface area (Å²) in [4.78, 5) is 25.9. The highest BCUT2D eigenvalue weighted by atomic mass is 79.9. The Balaban J connectivity index is 2.06. The van der Waals surface area contributed by atoms with Gasteiger partial charge in [0, 0.05) is 4.47 Å². The van der Waals surface area contributed by atoms with Crippen molar-refractivity contribution in [1.29, 1.82) is 0 Å². The number of hydrogen-bond acceptors (Lipinski definition) is 2. The van der Waals surface area contributed by atoms with Crippen LogP contribution in [0.1, 0.15) is 27.0 Å². The predicted molar refractivity (Wildman–Crippen MR) is 85.6 cm³/mol. The van der Waals surface area contributed by atoms with Crippen molar-refractivity contribution in [2.45, 2.75) is 20.4 Å². The molecule has 21 heavy (non-hydrogen) atoms. The van der Waals surface area contributed by atoms with Crippen LogP contribution in [0.25, 0.3) is 0 Å². The first kappa shape index (κ1) is 14.0. The maximum atomic E-state index is 12.3. The number of aryl methyl sites for hydroxylation is 2. The van der Waals surface area contributed by atoms with Crippen molar-refractivity contribution in [1.82, 2.24) is 0 Å². The van der Waals surface area contributed by atoms with Crippen molar-refractivity contribution in [2.24, 2.45) is 0 Å². The zero-order valence-corrected chi connectivity index (χ0v) is 13.4. The zero-order chi connectivity index (χ0) is 15.1. The van der Waals surface area contributed by atoms with Gasteiger partial charge in [-0.15, -0.1) is 0 Å². The number of ketones is 1. The number of fused-ring (bicyclic) bond motifs is 1. The molecule has 0 saturated carbocycles. The predicted octanol–water partition coefficient (Wildman–Crippen LogP) is 3.80. The van der Waals surface area contributed by atoms with Gasteiger partial charge in [0.15, 0.2) is 0 Å². The van der Waals surface area contributed by atoms with Gasteiger partial charge in [0.2, 0.25) is 0 Å². The molecule has 0 N–H and O–H groups in total. The molecule has 3 nitrogen and oxygen atoms in total. The quantitative estimate of drug-likeness (QED) is 0.778. The lowest BCUT2D eigenvalue weighted by Gasteiger charge is -2.19. The van der Waals surface area contributed by atoms with Crippen molar-refractivity contribution < 1.29 is 9.59 Å². The summed E-state index contributed by atoms with van der Waals surface area (Å²) < 4.78 is 0.857. The lowest BCUT2D eigenvalue weighted by molar-refractivity contribution is -0.114. The molecular weight excluding hydrogens is 330 g/mol. The van der Waals surface area contributed by atoms with Crippen LogP contribution >= 0.6 is 15.9 Å². The van der Waals surface area contributed by atoms with E-state index in [9.17, 15) is 9.59 Å². The van der Waals surface area contributed by atoms with Crippen LogP contribution in [0.3, 0.4) is 0 Å². The van der Waals surface area contributed by atoms with Crippen LogP contribution in [0.4, 0.5) is 5.69 Å². The average molecular weight is 344 g/mol. The molecule has 2 aromatic carbocycles. The number of carbonyl (C=O) groups excluding carboxylic acids is 2. The lowest BCUT2D eigenvalue weighted by atomic mass is 10.0. The van der Waals surface area contributed by atoms with E-state index in [1.165, 1.54) is 0 Å². The molecule has 0 aromatic heterocycles. The van der Waals surface area contributed by atoms with Gasteiger partial charge in [0.05, 0.1) is 17.8 Å². The molecule has 0 unspecified atom stereocenters. The number of anilines is 1. The molecule has 3 rings (SSSR count). The number of amides is 1. The average Bonchev–Trinajstić information content (AvgIpc) is 2.67. The molecule has 0 radical (unpaired) electrons. The lowest BCUT2D eigenvalue weighted by Crippen LogP contribution is -2.29. The summed E-state index contributed by atoms with van der Waals surface area (Å²) in [5.74, 6) is -0.880. The Morgan fingerprint density at radius 1 is 1.05 bits per heavy atom. The fourth-order valence-electron chi connectivity index (χ4n) is 2.68. The summed E-state index contributed by atoms with van der Waals surface area (Å²) in [6.45, 7) is 4.46. The second-order valence-corrected chi connectivity index (χ2v) is 6.17. The number of benzene rings is 2. The van der Waals surface area contributed by atoms with E-state index in [4.69, 9.17) is 0 Å². The molecular formula is C17H14BrNO2. The molecule has 0 saturated heterocycles. The summed E-state index contributed by atoms with van der Waals surface area (Å²) in [6.07, 6.45) is 0. The Bertz CT molecular complexity index is 747. The van der Waals surface area contributed by atoms with Gasteiger partial charge in [-0.2, -0.15) is 0 Å². The molecule has 4 heteroatoms. The van der Waals surface area contributed by atoms with Crippen LogP contribution < -0.4 is 4.90 Å². The third-order valence-corrected chi connectivity index (χ3v) is 4.39. The molecule has 0 aliphatic carbocycles. The van der Waals surface area contributed by atoms with Crippen molar-refractivity contribution in [3.8, 4) is 0 Å². The molecule has 0 bridgehead atoms. The highest BCUT2D eigenvalue weighted by Gasteiger charge is 2.36. The van der Waals surface area contributed by atoms with Crippen LogP contribution in [0.15, 0.2) is 40.9 Å². The Hall–Kier alpha value is -1.94. The maximum absolute atomic E-state index is 12.3. The minimum absolute atomic E-state index is 0.423. The Morgan fingerprint density at radius 2 is 1.71 bits per heavy atom. The summed E-state index contributed by atoms with van der Waals surface area (Å²) in [5, 5.41) is 0. The molecule has 1 aliphatic rings. The van der Waals surface area contributed by atoms with Crippen LogP contribution in [-0.4, -0.2) is 11.7 Å². The number of carbonyl (C=O) groups is 2. The van der Waals surface area contributed by atoms with Crippen LogP contribution in [-0.2, 0) is 11.3 Å². The Morgan fingerprint density at radius 3 is 2.38 bits per heavy atom. The summed E-state index contributed by atoms with van der Waals surface area (Å²) >= 11 is 3.40. The number of hydrogen-bond donors (Lipinski definition) is 0.